The molecule has 1 aliphatic carbocycles. The van der Waals surface area contributed by atoms with E-state index in [4.69, 9.17) is 4.42 Å². The van der Waals surface area contributed by atoms with Gasteiger partial charge in [0, 0.05) is 24.7 Å². The van der Waals surface area contributed by atoms with Crippen LogP contribution in [0.2, 0.25) is 0 Å². The summed E-state index contributed by atoms with van der Waals surface area (Å²) in [5.74, 6) is -1.63. The lowest BCUT2D eigenvalue weighted by Crippen LogP contribution is -2.51. The summed E-state index contributed by atoms with van der Waals surface area (Å²) in [7, 11) is 0. The molecule has 1 saturated heterocycles. The number of carboxylic acids is 1. The van der Waals surface area contributed by atoms with Gasteiger partial charge in [0.2, 0.25) is 0 Å². The van der Waals surface area contributed by atoms with E-state index >= 15 is 0 Å². The zero-order valence-corrected chi connectivity index (χ0v) is 19.4. The third-order valence-corrected chi connectivity index (χ3v) is 6.91. The van der Waals surface area contributed by atoms with Gasteiger partial charge in [0.05, 0.1) is 17.4 Å². The molecule has 10 nitrogen and oxygen atoms in total. The van der Waals surface area contributed by atoms with E-state index in [1.165, 1.54) is 18.3 Å². The van der Waals surface area contributed by atoms with E-state index in [9.17, 15) is 27.9 Å². The number of halogens is 3. The van der Waals surface area contributed by atoms with Crippen molar-refractivity contribution in [3.8, 4) is 0 Å². The van der Waals surface area contributed by atoms with E-state index in [1.54, 1.807) is 12.1 Å². The first-order valence-electron chi connectivity index (χ1n) is 11.6. The van der Waals surface area contributed by atoms with Crippen LogP contribution in [0.1, 0.15) is 41.9 Å². The Hall–Kier alpha value is -4.16. The predicted octanol–water partition coefficient (Wildman–Crippen LogP) is 3.23. The summed E-state index contributed by atoms with van der Waals surface area (Å²) in [5.41, 5.74) is -0.287. The number of nitrogens with zero attached hydrogens (tertiary/aromatic N) is 4. The largest absolute Gasteiger partial charge is 0.550 e. The smallest absolute Gasteiger partial charge is 0.416 e. The molecule has 2 fully saturated rings. The summed E-state index contributed by atoms with van der Waals surface area (Å²) in [4.78, 5) is 30.0. The molecule has 2 aliphatic rings. The molecule has 13 heteroatoms. The van der Waals surface area contributed by atoms with Crippen LogP contribution in [-0.4, -0.2) is 40.1 Å². The monoisotopic (exact) mass is 515 g/mol. The Morgan fingerprint density at radius 2 is 1.84 bits per heavy atom. The van der Waals surface area contributed by atoms with Crippen LogP contribution < -0.4 is 20.6 Å². The lowest BCUT2D eigenvalue weighted by molar-refractivity contribution is -0.317. The molecule has 1 amide bonds. The van der Waals surface area contributed by atoms with Crippen molar-refractivity contribution in [2.45, 2.75) is 31.9 Å². The average Bonchev–Trinajstić information content (AvgIpc) is 3.31. The Kier molecular flexibility index (Phi) is 6.21. The van der Waals surface area contributed by atoms with E-state index < -0.39 is 23.6 Å². The van der Waals surface area contributed by atoms with Gasteiger partial charge in [-0.15, -0.1) is 5.10 Å². The minimum absolute atomic E-state index is 0.0740. The molecule has 1 spiro atoms. The third kappa shape index (κ3) is 5.34. The Labute approximate surface area is 208 Å². The van der Waals surface area contributed by atoms with Gasteiger partial charge in [0.25, 0.3) is 0 Å². The highest BCUT2D eigenvalue weighted by molar-refractivity contribution is 6.00. The molecule has 37 heavy (non-hydrogen) atoms. The molecule has 5 rings (SSSR count). The quantitative estimate of drug-likeness (QED) is 0.507. The molecule has 1 aromatic carbocycles. The molecular weight excluding hydrogens is 493 g/mol. The minimum atomic E-state index is -4.50. The molecule has 194 valence electrons. The number of aliphatic carboxylic acids is 1. The Morgan fingerprint density at radius 1 is 1.08 bits per heavy atom. The third-order valence-electron chi connectivity index (χ3n) is 6.91. The second kappa shape index (κ2) is 9.37. The first kappa shape index (κ1) is 24.5. The normalized spacial score (nSPS) is 17.3. The van der Waals surface area contributed by atoms with Crippen molar-refractivity contribution in [2.75, 3.05) is 28.6 Å². The number of benzene rings is 1. The highest BCUT2D eigenvalue weighted by Gasteiger charge is 2.46. The van der Waals surface area contributed by atoms with Crippen LogP contribution in [0.4, 0.5) is 36.4 Å². The van der Waals surface area contributed by atoms with Crippen LogP contribution in [0.25, 0.3) is 0 Å². The number of pyridine rings is 1. The van der Waals surface area contributed by atoms with E-state index in [0.717, 1.165) is 43.9 Å². The van der Waals surface area contributed by atoms with Crippen molar-refractivity contribution in [1.82, 2.24) is 15.2 Å². The SMILES string of the molecule is O=C(Nc1ccc(N2CCC3(CC2)CC(C(=O)[O-])C3)nc1)c1nnc(Nc2cccc(C(F)(F)F)c2)o1. The lowest BCUT2D eigenvalue weighted by Gasteiger charge is -2.52. The number of anilines is 4. The van der Waals surface area contributed by atoms with Crippen LogP contribution in [0.15, 0.2) is 47.0 Å². The number of nitrogens with one attached hydrogen (secondary N) is 2. The number of piperidine rings is 1. The van der Waals surface area contributed by atoms with Gasteiger partial charge in [-0.05, 0) is 67.3 Å². The number of hydrogen-bond acceptors (Lipinski definition) is 9. The molecule has 1 saturated carbocycles. The number of alkyl halides is 3. The van der Waals surface area contributed by atoms with Crippen LogP contribution >= 0.6 is 0 Å². The van der Waals surface area contributed by atoms with Crippen LogP contribution in [-0.2, 0) is 11.0 Å². The number of hydrogen-bond donors (Lipinski definition) is 2. The number of carbonyl (C=O) groups excluding carboxylic acids is 2. The fourth-order valence-corrected chi connectivity index (χ4v) is 4.86. The van der Waals surface area contributed by atoms with Gasteiger partial charge in [-0.1, -0.05) is 11.2 Å². The lowest BCUT2D eigenvalue weighted by atomic mass is 9.57. The molecule has 3 aromatic rings. The maximum atomic E-state index is 12.9. The zero-order valence-electron chi connectivity index (χ0n) is 19.4. The summed E-state index contributed by atoms with van der Waals surface area (Å²) in [5, 5.41) is 23.4. The number of aromatic nitrogens is 3. The first-order chi connectivity index (χ1) is 17.6. The summed E-state index contributed by atoms with van der Waals surface area (Å²) in [6, 6.07) is 7.65. The van der Waals surface area contributed by atoms with Gasteiger partial charge in [0.1, 0.15) is 5.82 Å². The maximum Gasteiger partial charge on any atom is 0.416 e. The van der Waals surface area contributed by atoms with Crippen LogP contribution in [0.5, 0.6) is 0 Å². The zero-order chi connectivity index (χ0) is 26.2. The Morgan fingerprint density at radius 3 is 2.49 bits per heavy atom. The summed E-state index contributed by atoms with van der Waals surface area (Å²) >= 11 is 0. The van der Waals surface area contributed by atoms with E-state index in [1.807, 2.05) is 0 Å². The second-order valence-electron chi connectivity index (χ2n) is 9.39. The Balaban J connectivity index is 1.14. The second-order valence-corrected chi connectivity index (χ2v) is 9.39. The maximum absolute atomic E-state index is 12.9. The van der Waals surface area contributed by atoms with E-state index in [2.05, 4.69) is 30.7 Å². The van der Waals surface area contributed by atoms with Gasteiger partial charge < -0.3 is 29.9 Å². The molecule has 0 bridgehead atoms. The van der Waals surface area contributed by atoms with Crippen molar-refractivity contribution in [3.05, 3.63) is 54.0 Å². The number of rotatable bonds is 6. The first-order valence-corrected chi connectivity index (χ1v) is 11.6. The van der Waals surface area contributed by atoms with Crippen molar-refractivity contribution in [3.63, 3.8) is 0 Å². The minimum Gasteiger partial charge on any atom is -0.550 e. The van der Waals surface area contributed by atoms with Crippen LogP contribution in [0, 0.1) is 11.3 Å². The van der Waals surface area contributed by atoms with Crippen LogP contribution in [0.3, 0.4) is 0 Å². The predicted molar refractivity (Wildman–Crippen MR) is 123 cm³/mol. The van der Waals surface area contributed by atoms with Crippen molar-refractivity contribution in [1.29, 1.82) is 0 Å². The highest BCUT2D eigenvalue weighted by atomic mass is 19.4. The summed E-state index contributed by atoms with van der Waals surface area (Å²) in [6.07, 6.45) is 0.126. The molecular formula is C24H22F3N6O4-. The van der Waals surface area contributed by atoms with Gasteiger partial charge in [-0.3, -0.25) is 4.79 Å². The standard InChI is InChI=1S/C24H23F3N6O4/c25-24(26,27)15-2-1-3-16(10-15)30-22-32-31-20(37-22)19(34)29-17-4-5-18(28-13-17)33-8-6-23(7-9-33)11-14(12-23)21(35)36/h1-5,10,13-14H,6-9,11-12H2,(H,29,34)(H,30,32)(H,35,36)/p-1. The van der Waals surface area contributed by atoms with Gasteiger partial charge >= 0.3 is 24.0 Å². The highest BCUT2D eigenvalue weighted by Crippen LogP contribution is 2.52. The van der Waals surface area contributed by atoms with Gasteiger partial charge in [-0.2, -0.15) is 13.2 Å². The van der Waals surface area contributed by atoms with Crippen molar-refractivity contribution in [2.24, 2.45) is 11.3 Å². The molecule has 1 aliphatic heterocycles. The number of amides is 1. The van der Waals surface area contributed by atoms with E-state index in [0.29, 0.717) is 18.5 Å². The number of carbonyl (C=O) groups is 2. The van der Waals surface area contributed by atoms with Crippen molar-refractivity contribution < 1.29 is 32.3 Å². The van der Waals surface area contributed by atoms with E-state index in [-0.39, 0.29) is 28.9 Å². The molecule has 0 radical (unpaired) electrons. The molecule has 3 heterocycles. The fraction of sp³-hybridized carbons (Fsp3) is 0.375. The summed E-state index contributed by atoms with van der Waals surface area (Å²) < 4.78 is 43.9. The molecule has 0 atom stereocenters. The van der Waals surface area contributed by atoms with Gasteiger partial charge in [0.15, 0.2) is 0 Å². The fourth-order valence-electron chi connectivity index (χ4n) is 4.86. The van der Waals surface area contributed by atoms with Crippen molar-refractivity contribution >= 4 is 35.1 Å². The molecule has 0 unspecified atom stereocenters. The van der Waals surface area contributed by atoms with Gasteiger partial charge in [-0.25, -0.2) is 4.98 Å². The summed E-state index contributed by atoms with van der Waals surface area (Å²) in [6.45, 7) is 1.53. The molecule has 2 N–H and O–H groups in total. The average molecular weight is 515 g/mol. The Bertz CT molecular complexity index is 1290. The molecule has 2 aromatic heterocycles. The topological polar surface area (TPSA) is 136 Å². The number of carboxylic acid groups (broad SMARTS) is 1.